The van der Waals surface area contributed by atoms with Gasteiger partial charge in [-0.2, -0.15) is 0 Å². The van der Waals surface area contributed by atoms with E-state index in [2.05, 4.69) is 28.7 Å². The van der Waals surface area contributed by atoms with Gasteiger partial charge in [-0.3, -0.25) is 0 Å². The Morgan fingerprint density at radius 2 is 2.12 bits per heavy atom. The number of hydrogen-bond acceptors (Lipinski definition) is 4. The fourth-order valence-electron chi connectivity index (χ4n) is 2.11. The van der Waals surface area contributed by atoms with E-state index in [1.165, 1.54) is 18.2 Å². The monoisotopic (exact) mass is 271 g/mol. The first-order valence-corrected chi connectivity index (χ1v) is 7.54. The topological polar surface area (TPSA) is 29.0 Å². The summed E-state index contributed by atoms with van der Waals surface area (Å²) in [7, 11) is 0. The third-order valence-corrected chi connectivity index (χ3v) is 4.24. The molecule has 2 unspecified atom stereocenters. The van der Waals surface area contributed by atoms with E-state index < -0.39 is 0 Å². The number of halogens is 1. The predicted octanol–water partition coefficient (Wildman–Crippen LogP) is 3.33. The second-order valence-corrected chi connectivity index (χ2v) is 5.89. The number of thioether (sulfide) groups is 1. The van der Waals surface area contributed by atoms with Gasteiger partial charge in [-0.25, -0.2) is 9.97 Å². The molecule has 3 nitrogen and oxygen atoms in total. The van der Waals surface area contributed by atoms with Crippen molar-refractivity contribution < 1.29 is 0 Å². The molecule has 1 saturated heterocycles. The van der Waals surface area contributed by atoms with Crippen LogP contribution in [0.5, 0.6) is 0 Å². The van der Waals surface area contributed by atoms with Gasteiger partial charge in [0.1, 0.15) is 11.0 Å². The van der Waals surface area contributed by atoms with Crippen molar-refractivity contribution in [3.05, 3.63) is 11.2 Å². The lowest BCUT2D eigenvalue weighted by Gasteiger charge is -2.36. The van der Waals surface area contributed by atoms with Crippen molar-refractivity contribution in [3.8, 4) is 0 Å². The summed E-state index contributed by atoms with van der Waals surface area (Å²) in [6.07, 6.45) is 3.19. The molecule has 1 aromatic rings. The third kappa shape index (κ3) is 3.05. The molecule has 0 aromatic carbocycles. The van der Waals surface area contributed by atoms with Crippen LogP contribution in [0.3, 0.4) is 0 Å². The summed E-state index contributed by atoms with van der Waals surface area (Å²) < 4.78 is 0. The van der Waals surface area contributed by atoms with Gasteiger partial charge in [-0.1, -0.05) is 37.2 Å². The third-order valence-electron chi connectivity index (χ3n) is 3.50. The Labute approximate surface area is 112 Å². The van der Waals surface area contributed by atoms with Gasteiger partial charge in [0.2, 0.25) is 0 Å². The number of rotatable bonds is 2. The standard InChI is InChI=1S/C12H18ClN3S/c1-8-4-5-16(7-9(8)2)11-6-10(13)14-12(15-11)17-3/h6,8-9H,4-5,7H2,1-3H3. The molecule has 5 heteroatoms. The first-order chi connectivity index (χ1) is 8.10. The minimum absolute atomic E-state index is 0.533. The Balaban J connectivity index is 2.19. The summed E-state index contributed by atoms with van der Waals surface area (Å²) in [6.45, 7) is 6.74. The molecule has 2 heterocycles. The maximum atomic E-state index is 6.02. The van der Waals surface area contributed by atoms with Gasteiger partial charge in [-0.15, -0.1) is 0 Å². The minimum atomic E-state index is 0.533. The fourth-order valence-corrected chi connectivity index (χ4v) is 2.71. The van der Waals surface area contributed by atoms with E-state index in [0.717, 1.165) is 30.0 Å². The maximum absolute atomic E-state index is 6.02. The van der Waals surface area contributed by atoms with Crippen molar-refractivity contribution in [2.75, 3.05) is 24.2 Å². The van der Waals surface area contributed by atoms with Crippen LogP contribution in [-0.4, -0.2) is 29.3 Å². The van der Waals surface area contributed by atoms with Crippen molar-refractivity contribution in [1.82, 2.24) is 9.97 Å². The molecule has 1 fully saturated rings. The van der Waals surface area contributed by atoms with Crippen molar-refractivity contribution in [3.63, 3.8) is 0 Å². The van der Waals surface area contributed by atoms with Crippen molar-refractivity contribution in [1.29, 1.82) is 0 Å². The molecule has 2 atom stereocenters. The van der Waals surface area contributed by atoms with Gasteiger partial charge < -0.3 is 4.90 Å². The Bertz CT molecular complexity index is 399. The van der Waals surface area contributed by atoms with Gasteiger partial charge in [0.25, 0.3) is 0 Å². The summed E-state index contributed by atoms with van der Waals surface area (Å²) in [4.78, 5) is 11.0. The molecule has 0 spiro atoms. The highest BCUT2D eigenvalue weighted by atomic mass is 35.5. The van der Waals surface area contributed by atoms with Crippen LogP contribution in [0.4, 0.5) is 5.82 Å². The Morgan fingerprint density at radius 3 is 2.76 bits per heavy atom. The molecule has 0 amide bonds. The van der Waals surface area contributed by atoms with Crippen LogP contribution in [0.1, 0.15) is 20.3 Å². The SMILES string of the molecule is CSc1nc(Cl)cc(N2CCC(C)C(C)C2)n1. The van der Waals surface area contributed by atoms with Crippen LogP contribution in [0.15, 0.2) is 11.2 Å². The summed E-state index contributed by atoms with van der Waals surface area (Å²) in [6, 6.07) is 1.87. The van der Waals surface area contributed by atoms with E-state index in [1.54, 1.807) is 0 Å². The fraction of sp³-hybridized carbons (Fsp3) is 0.667. The zero-order valence-corrected chi connectivity index (χ0v) is 12.1. The number of anilines is 1. The molecule has 2 rings (SSSR count). The number of nitrogens with zero attached hydrogens (tertiary/aromatic N) is 3. The highest BCUT2D eigenvalue weighted by Crippen LogP contribution is 2.27. The van der Waals surface area contributed by atoms with Crippen molar-refractivity contribution in [2.45, 2.75) is 25.4 Å². The molecule has 1 aliphatic heterocycles. The molecule has 94 valence electrons. The van der Waals surface area contributed by atoms with E-state index >= 15 is 0 Å². The summed E-state index contributed by atoms with van der Waals surface area (Å²) in [5.41, 5.74) is 0. The molecule has 17 heavy (non-hydrogen) atoms. The van der Waals surface area contributed by atoms with Crippen molar-refractivity contribution in [2.24, 2.45) is 11.8 Å². The van der Waals surface area contributed by atoms with Crippen LogP contribution < -0.4 is 4.90 Å². The molecule has 1 aliphatic rings. The van der Waals surface area contributed by atoms with Crippen LogP contribution in [0, 0.1) is 11.8 Å². The van der Waals surface area contributed by atoms with Crippen molar-refractivity contribution >= 4 is 29.2 Å². The Hall–Kier alpha value is -0.480. The van der Waals surface area contributed by atoms with Gasteiger partial charge in [0.05, 0.1) is 0 Å². The first kappa shape index (κ1) is 13.0. The molecular formula is C12H18ClN3S. The van der Waals surface area contributed by atoms with Gasteiger partial charge in [-0.05, 0) is 24.5 Å². The zero-order valence-electron chi connectivity index (χ0n) is 10.5. The average molecular weight is 272 g/mol. The zero-order chi connectivity index (χ0) is 12.4. The average Bonchev–Trinajstić information content (AvgIpc) is 2.32. The Kier molecular flexibility index (Phi) is 4.15. The molecular weight excluding hydrogens is 254 g/mol. The Morgan fingerprint density at radius 1 is 1.35 bits per heavy atom. The quantitative estimate of drug-likeness (QED) is 0.469. The van der Waals surface area contributed by atoms with E-state index in [-0.39, 0.29) is 0 Å². The lowest BCUT2D eigenvalue weighted by Crippen LogP contribution is -2.38. The van der Waals surface area contributed by atoms with E-state index in [4.69, 9.17) is 11.6 Å². The van der Waals surface area contributed by atoms with Gasteiger partial charge in [0, 0.05) is 19.2 Å². The maximum Gasteiger partial charge on any atom is 0.190 e. The molecule has 0 bridgehead atoms. The van der Waals surface area contributed by atoms with Crippen LogP contribution in [-0.2, 0) is 0 Å². The molecule has 0 radical (unpaired) electrons. The minimum Gasteiger partial charge on any atom is -0.356 e. The number of piperidine rings is 1. The second-order valence-electron chi connectivity index (χ2n) is 4.72. The normalized spacial score (nSPS) is 25.1. The van der Waals surface area contributed by atoms with Crippen LogP contribution in [0.25, 0.3) is 0 Å². The number of hydrogen-bond donors (Lipinski definition) is 0. The first-order valence-electron chi connectivity index (χ1n) is 5.93. The van der Waals surface area contributed by atoms with E-state index in [1.807, 2.05) is 12.3 Å². The summed E-state index contributed by atoms with van der Waals surface area (Å²) in [5.74, 6) is 2.46. The molecule has 0 aliphatic carbocycles. The van der Waals surface area contributed by atoms with E-state index in [0.29, 0.717) is 11.1 Å². The van der Waals surface area contributed by atoms with Gasteiger partial charge in [0.15, 0.2) is 5.16 Å². The smallest absolute Gasteiger partial charge is 0.190 e. The van der Waals surface area contributed by atoms with Crippen LogP contribution >= 0.6 is 23.4 Å². The molecule has 0 N–H and O–H groups in total. The highest BCUT2D eigenvalue weighted by Gasteiger charge is 2.24. The van der Waals surface area contributed by atoms with Gasteiger partial charge >= 0.3 is 0 Å². The molecule has 1 aromatic heterocycles. The van der Waals surface area contributed by atoms with E-state index in [9.17, 15) is 0 Å². The lowest BCUT2D eigenvalue weighted by atomic mass is 9.89. The largest absolute Gasteiger partial charge is 0.356 e. The predicted molar refractivity (Wildman–Crippen MR) is 74.0 cm³/mol. The lowest BCUT2D eigenvalue weighted by molar-refractivity contribution is 0.322. The summed E-state index contributed by atoms with van der Waals surface area (Å²) in [5, 5.41) is 1.28. The second kappa shape index (κ2) is 5.44. The summed E-state index contributed by atoms with van der Waals surface area (Å²) >= 11 is 7.55. The number of aromatic nitrogens is 2. The highest BCUT2D eigenvalue weighted by molar-refractivity contribution is 7.98. The molecule has 0 saturated carbocycles. The van der Waals surface area contributed by atoms with Crippen LogP contribution in [0.2, 0.25) is 5.15 Å².